The Labute approximate surface area is 104 Å². The first-order chi connectivity index (χ1) is 8.00. The van der Waals surface area contributed by atoms with Gasteiger partial charge in [0.25, 0.3) is 0 Å². The lowest BCUT2D eigenvalue weighted by molar-refractivity contribution is -0.129. The van der Waals surface area contributed by atoms with Gasteiger partial charge in [0.15, 0.2) is 0 Å². The number of nitriles is 1. The van der Waals surface area contributed by atoms with Crippen LogP contribution in [0.2, 0.25) is 0 Å². The van der Waals surface area contributed by atoms with Crippen molar-refractivity contribution in [2.75, 3.05) is 6.54 Å². The van der Waals surface area contributed by atoms with E-state index in [1.165, 1.54) is 6.42 Å². The van der Waals surface area contributed by atoms with Gasteiger partial charge < -0.3 is 5.32 Å². The molecule has 1 atom stereocenters. The molecule has 2 aliphatic carbocycles. The van der Waals surface area contributed by atoms with Crippen molar-refractivity contribution in [3.8, 4) is 6.07 Å². The van der Waals surface area contributed by atoms with Gasteiger partial charge in [0.2, 0.25) is 5.91 Å². The SMILES string of the molecule is CC1(C)CC1CNC(=O)C1(C#N)CCCCC1. The van der Waals surface area contributed by atoms with Crippen molar-refractivity contribution in [2.45, 2.75) is 52.4 Å². The van der Waals surface area contributed by atoms with E-state index < -0.39 is 5.41 Å². The zero-order valence-corrected chi connectivity index (χ0v) is 10.9. The van der Waals surface area contributed by atoms with Gasteiger partial charge in [-0.3, -0.25) is 4.79 Å². The Morgan fingerprint density at radius 3 is 2.41 bits per heavy atom. The lowest BCUT2D eigenvalue weighted by Crippen LogP contribution is -2.42. The van der Waals surface area contributed by atoms with E-state index in [4.69, 9.17) is 0 Å². The highest BCUT2D eigenvalue weighted by Crippen LogP contribution is 2.51. The van der Waals surface area contributed by atoms with Crippen LogP contribution in [0.3, 0.4) is 0 Å². The monoisotopic (exact) mass is 234 g/mol. The molecule has 0 radical (unpaired) electrons. The van der Waals surface area contributed by atoms with Crippen LogP contribution in [-0.2, 0) is 4.79 Å². The van der Waals surface area contributed by atoms with E-state index in [1.807, 2.05) is 0 Å². The van der Waals surface area contributed by atoms with Gasteiger partial charge in [0.05, 0.1) is 6.07 Å². The molecular weight excluding hydrogens is 212 g/mol. The Morgan fingerprint density at radius 1 is 1.35 bits per heavy atom. The molecule has 0 saturated heterocycles. The molecule has 94 valence electrons. The summed E-state index contributed by atoms with van der Waals surface area (Å²) in [7, 11) is 0. The summed E-state index contributed by atoms with van der Waals surface area (Å²) in [6.45, 7) is 5.20. The van der Waals surface area contributed by atoms with Crippen LogP contribution in [0.25, 0.3) is 0 Å². The van der Waals surface area contributed by atoms with E-state index in [0.29, 0.717) is 11.3 Å². The molecule has 0 aliphatic heterocycles. The van der Waals surface area contributed by atoms with E-state index in [0.717, 1.165) is 38.6 Å². The predicted molar refractivity (Wildman–Crippen MR) is 66.0 cm³/mol. The minimum atomic E-state index is -0.725. The van der Waals surface area contributed by atoms with Gasteiger partial charge in [-0.15, -0.1) is 0 Å². The molecule has 3 nitrogen and oxygen atoms in total. The number of hydrogen-bond acceptors (Lipinski definition) is 2. The lowest BCUT2D eigenvalue weighted by Gasteiger charge is -2.29. The summed E-state index contributed by atoms with van der Waals surface area (Å²) < 4.78 is 0. The fraction of sp³-hybridized carbons (Fsp3) is 0.857. The second-order valence-corrected chi connectivity index (χ2v) is 6.35. The molecule has 1 unspecified atom stereocenters. The average molecular weight is 234 g/mol. The molecule has 0 heterocycles. The van der Waals surface area contributed by atoms with E-state index >= 15 is 0 Å². The minimum absolute atomic E-state index is 0.0256. The summed E-state index contributed by atoms with van der Waals surface area (Å²) in [5.74, 6) is 0.577. The number of nitrogens with one attached hydrogen (secondary N) is 1. The Balaban J connectivity index is 1.88. The van der Waals surface area contributed by atoms with Crippen LogP contribution in [0, 0.1) is 28.1 Å². The maximum atomic E-state index is 12.2. The van der Waals surface area contributed by atoms with Crippen LogP contribution in [0.1, 0.15) is 52.4 Å². The summed E-state index contributed by atoms with van der Waals surface area (Å²) in [5.41, 5.74) is -0.336. The van der Waals surface area contributed by atoms with Crippen LogP contribution in [0.15, 0.2) is 0 Å². The predicted octanol–water partition coefficient (Wildman–Crippen LogP) is 2.62. The second-order valence-electron chi connectivity index (χ2n) is 6.35. The molecule has 2 rings (SSSR count). The Kier molecular flexibility index (Phi) is 3.16. The quantitative estimate of drug-likeness (QED) is 0.816. The third-order valence-corrected chi connectivity index (χ3v) is 4.58. The molecule has 0 aromatic carbocycles. The van der Waals surface area contributed by atoms with Crippen molar-refractivity contribution < 1.29 is 4.79 Å². The van der Waals surface area contributed by atoms with Crippen LogP contribution in [0.5, 0.6) is 0 Å². The molecule has 0 aromatic heterocycles. The maximum Gasteiger partial charge on any atom is 0.240 e. The molecule has 1 N–H and O–H groups in total. The molecule has 1 amide bonds. The number of rotatable bonds is 3. The number of hydrogen-bond donors (Lipinski definition) is 1. The molecule has 0 spiro atoms. The average Bonchev–Trinajstić information content (AvgIpc) is 2.95. The van der Waals surface area contributed by atoms with Crippen LogP contribution < -0.4 is 5.32 Å². The molecule has 0 aromatic rings. The summed E-state index contributed by atoms with van der Waals surface area (Å²) in [6.07, 6.45) is 5.85. The molecule has 3 heteroatoms. The van der Waals surface area contributed by atoms with Crippen molar-refractivity contribution in [1.82, 2.24) is 5.32 Å². The van der Waals surface area contributed by atoms with E-state index in [1.54, 1.807) is 0 Å². The van der Waals surface area contributed by atoms with Gasteiger partial charge in [-0.05, 0) is 30.6 Å². The zero-order chi connectivity index (χ0) is 12.5. The largest absolute Gasteiger partial charge is 0.354 e. The first kappa shape index (κ1) is 12.4. The Bertz CT molecular complexity index is 348. The molecule has 17 heavy (non-hydrogen) atoms. The highest BCUT2D eigenvalue weighted by Gasteiger charge is 2.46. The minimum Gasteiger partial charge on any atom is -0.354 e. The summed E-state index contributed by atoms with van der Waals surface area (Å²) in [4.78, 5) is 12.2. The van der Waals surface area contributed by atoms with Gasteiger partial charge in [0, 0.05) is 6.54 Å². The van der Waals surface area contributed by atoms with Crippen LogP contribution >= 0.6 is 0 Å². The van der Waals surface area contributed by atoms with Crippen molar-refractivity contribution >= 4 is 5.91 Å². The van der Waals surface area contributed by atoms with Crippen molar-refractivity contribution in [1.29, 1.82) is 5.26 Å². The summed E-state index contributed by atoms with van der Waals surface area (Å²) in [6, 6.07) is 2.27. The van der Waals surface area contributed by atoms with Gasteiger partial charge in [-0.2, -0.15) is 5.26 Å². The highest BCUT2D eigenvalue weighted by molar-refractivity contribution is 5.85. The van der Waals surface area contributed by atoms with Crippen LogP contribution in [-0.4, -0.2) is 12.5 Å². The smallest absolute Gasteiger partial charge is 0.240 e. The third-order valence-electron chi connectivity index (χ3n) is 4.58. The first-order valence-corrected chi connectivity index (χ1v) is 6.70. The highest BCUT2D eigenvalue weighted by atomic mass is 16.2. The summed E-state index contributed by atoms with van der Waals surface area (Å²) in [5, 5.41) is 12.3. The lowest BCUT2D eigenvalue weighted by atomic mass is 9.74. The molecular formula is C14H22N2O. The van der Waals surface area contributed by atoms with Crippen LogP contribution in [0.4, 0.5) is 0 Å². The molecule has 2 saturated carbocycles. The standard InChI is InChI=1S/C14H22N2O/c1-13(2)8-11(13)9-16-12(17)14(10-15)6-4-3-5-7-14/h11H,3-9H2,1-2H3,(H,16,17). The Hall–Kier alpha value is -1.04. The fourth-order valence-corrected chi connectivity index (χ4v) is 2.85. The molecule has 0 bridgehead atoms. The van der Waals surface area contributed by atoms with Crippen molar-refractivity contribution in [3.05, 3.63) is 0 Å². The van der Waals surface area contributed by atoms with Gasteiger partial charge in [0.1, 0.15) is 5.41 Å². The van der Waals surface area contributed by atoms with Crippen molar-refractivity contribution in [3.63, 3.8) is 0 Å². The second kappa shape index (κ2) is 4.33. The van der Waals surface area contributed by atoms with Crippen molar-refractivity contribution in [2.24, 2.45) is 16.7 Å². The number of nitrogens with zero attached hydrogens (tertiary/aromatic N) is 1. The van der Waals surface area contributed by atoms with Gasteiger partial charge in [-0.25, -0.2) is 0 Å². The first-order valence-electron chi connectivity index (χ1n) is 6.70. The summed E-state index contributed by atoms with van der Waals surface area (Å²) >= 11 is 0. The number of carbonyl (C=O) groups is 1. The Morgan fingerprint density at radius 2 is 1.94 bits per heavy atom. The van der Waals surface area contributed by atoms with E-state index in [9.17, 15) is 10.1 Å². The normalized spacial score (nSPS) is 29.1. The van der Waals surface area contributed by atoms with Gasteiger partial charge in [-0.1, -0.05) is 33.1 Å². The number of amides is 1. The van der Waals surface area contributed by atoms with Gasteiger partial charge >= 0.3 is 0 Å². The van der Waals surface area contributed by atoms with E-state index in [-0.39, 0.29) is 5.91 Å². The third kappa shape index (κ3) is 2.46. The molecule has 2 aliphatic rings. The zero-order valence-electron chi connectivity index (χ0n) is 10.9. The topological polar surface area (TPSA) is 52.9 Å². The van der Waals surface area contributed by atoms with E-state index in [2.05, 4.69) is 25.2 Å². The maximum absolute atomic E-state index is 12.2. The fourth-order valence-electron chi connectivity index (χ4n) is 2.85. The number of carbonyl (C=O) groups excluding carboxylic acids is 1. The molecule has 2 fully saturated rings.